The van der Waals surface area contributed by atoms with Gasteiger partial charge in [0.05, 0.1) is 0 Å². The van der Waals surface area contributed by atoms with Gasteiger partial charge in [0.2, 0.25) is 0 Å². The van der Waals surface area contributed by atoms with E-state index in [4.69, 9.17) is 16.3 Å². The van der Waals surface area contributed by atoms with Gasteiger partial charge in [-0.3, -0.25) is 9.80 Å². The van der Waals surface area contributed by atoms with Gasteiger partial charge < -0.3 is 14.6 Å². The molecule has 2 fully saturated rings. The summed E-state index contributed by atoms with van der Waals surface area (Å²) in [4.78, 5) is 17.2. The average molecular weight is 602 g/mol. The minimum Gasteiger partial charge on any atom is -0.444 e. The zero-order valence-electron chi connectivity index (χ0n) is 22.6. The Kier molecular flexibility index (Phi) is 8.39. The molecule has 2 aliphatic heterocycles. The van der Waals surface area contributed by atoms with Crippen molar-refractivity contribution in [1.82, 2.24) is 19.7 Å². The van der Waals surface area contributed by atoms with Gasteiger partial charge in [-0.05, 0) is 85.3 Å². The molecule has 2 atom stereocenters. The van der Waals surface area contributed by atoms with Crippen LogP contribution in [0.25, 0.3) is 10.9 Å². The first-order chi connectivity index (χ1) is 18.2. The summed E-state index contributed by atoms with van der Waals surface area (Å²) < 4.78 is 8.69. The van der Waals surface area contributed by atoms with Crippen molar-refractivity contribution in [3.05, 3.63) is 69.3 Å². The number of hydrogen-bond acceptors (Lipinski definition) is 4. The zero-order valence-corrected chi connectivity index (χ0v) is 24.9. The lowest BCUT2D eigenvalue weighted by molar-refractivity contribution is 0.0526. The maximum atomic E-state index is 11.9. The van der Waals surface area contributed by atoms with E-state index in [-0.39, 0.29) is 6.09 Å². The summed E-state index contributed by atoms with van der Waals surface area (Å²) in [6.07, 6.45) is 5.15. The van der Waals surface area contributed by atoms with Gasteiger partial charge in [-0.25, -0.2) is 4.79 Å². The summed E-state index contributed by atoms with van der Waals surface area (Å²) in [5, 5.41) is 4.96. The van der Waals surface area contributed by atoms with Crippen LogP contribution in [0.15, 0.2) is 53.1 Å². The number of ether oxygens (including phenoxy) is 1. The molecular formula is C30H38BrClN4O2. The van der Waals surface area contributed by atoms with Crippen molar-refractivity contribution in [3.63, 3.8) is 0 Å². The lowest BCUT2D eigenvalue weighted by atomic mass is 10.1. The highest BCUT2D eigenvalue weighted by Crippen LogP contribution is 2.34. The molecule has 0 aliphatic carbocycles. The fourth-order valence-corrected chi connectivity index (χ4v) is 6.64. The summed E-state index contributed by atoms with van der Waals surface area (Å²) in [5.74, 6) is 0. The second kappa shape index (κ2) is 11.6. The molecule has 0 radical (unpaired) electrons. The van der Waals surface area contributed by atoms with E-state index in [1.807, 2.05) is 32.9 Å². The van der Waals surface area contributed by atoms with Crippen molar-refractivity contribution in [3.8, 4) is 0 Å². The van der Waals surface area contributed by atoms with Crippen LogP contribution < -0.4 is 5.32 Å². The molecule has 8 heteroatoms. The number of carbonyl (C=O) groups is 1. The van der Waals surface area contributed by atoms with Crippen molar-refractivity contribution in [2.24, 2.45) is 0 Å². The van der Waals surface area contributed by atoms with Gasteiger partial charge in [0.1, 0.15) is 5.60 Å². The number of nitrogens with zero attached hydrogens (tertiary/aromatic N) is 3. The number of hydrogen-bond donors (Lipinski definition) is 1. The molecule has 2 bridgehead atoms. The number of benzene rings is 2. The predicted molar refractivity (Wildman–Crippen MR) is 158 cm³/mol. The minimum absolute atomic E-state index is 0.362. The van der Waals surface area contributed by atoms with E-state index in [0.29, 0.717) is 18.6 Å². The number of fused-ring (bicyclic) bond motifs is 3. The van der Waals surface area contributed by atoms with E-state index in [9.17, 15) is 4.79 Å². The highest BCUT2D eigenvalue weighted by molar-refractivity contribution is 9.10. The Hall–Kier alpha value is -2.06. The summed E-state index contributed by atoms with van der Waals surface area (Å²) in [6, 6.07) is 16.3. The Balaban J connectivity index is 1.17. The molecule has 2 saturated heterocycles. The van der Waals surface area contributed by atoms with Crippen LogP contribution in [0.5, 0.6) is 0 Å². The highest BCUT2D eigenvalue weighted by Gasteiger charge is 2.39. The second-order valence-corrected chi connectivity index (χ2v) is 12.9. The smallest absolute Gasteiger partial charge is 0.407 e. The van der Waals surface area contributed by atoms with Crippen LogP contribution >= 0.6 is 27.5 Å². The molecule has 1 N–H and O–H groups in total. The SMILES string of the molecule is CC(C)(C)OC(=O)NCCCn1cc(Br)c2cc(CN3CC4CCC(C3)N4Cc3ccccc3Cl)ccc21. The number of likely N-dealkylation sites (tertiary alicyclic amines) is 1. The van der Waals surface area contributed by atoms with E-state index < -0.39 is 5.60 Å². The normalized spacial score (nSPS) is 20.2. The van der Waals surface area contributed by atoms with E-state index in [1.54, 1.807) is 0 Å². The number of nitrogens with one attached hydrogen (secondary N) is 1. The molecular weight excluding hydrogens is 564 g/mol. The van der Waals surface area contributed by atoms with Crippen LogP contribution in [0.2, 0.25) is 5.02 Å². The lowest BCUT2D eigenvalue weighted by Gasteiger charge is -2.41. The Morgan fingerprint density at radius 1 is 1.11 bits per heavy atom. The third kappa shape index (κ3) is 6.56. The summed E-state index contributed by atoms with van der Waals surface area (Å²) in [6.45, 7) is 11.1. The van der Waals surface area contributed by atoms with Crippen LogP contribution in [-0.2, 0) is 24.4 Å². The molecule has 204 valence electrons. The van der Waals surface area contributed by atoms with Gasteiger partial charge in [-0.2, -0.15) is 0 Å². The van der Waals surface area contributed by atoms with Gasteiger partial charge >= 0.3 is 6.09 Å². The Morgan fingerprint density at radius 2 is 1.84 bits per heavy atom. The third-order valence-electron chi connectivity index (χ3n) is 7.57. The third-order valence-corrected chi connectivity index (χ3v) is 8.57. The van der Waals surface area contributed by atoms with Crippen molar-refractivity contribution in [2.45, 2.75) is 77.4 Å². The van der Waals surface area contributed by atoms with Gasteiger partial charge in [0, 0.05) is 77.9 Å². The number of aryl methyl sites for hydroxylation is 1. The molecule has 6 nitrogen and oxygen atoms in total. The molecule has 3 heterocycles. The van der Waals surface area contributed by atoms with Crippen LogP contribution in [0, 0.1) is 0 Å². The second-order valence-electron chi connectivity index (χ2n) is 11.6. The minimum atomic E-state index is -0.479. The van der Waals surface area contributed by atoms with Crippen LogP contribution in [-0.4, -0.2) is 57.8 Å². The van der Waals surface area contributed by atoms with Gasteiger partial charge in [0.15, 0.2) is 0 Å². The summed E-state index contributed by atoms with van der Waals surface area (Å²) >= 11 is 10.2. The first-order valence-corrected chi connectivity index (χ1v) is 14.8. The summed E-state index contributed by atoms with van der Waals surface area (Å²) in [5.41, 5.74) is 3.32. The molecule has 5 rings (SSSR count). The molecule has 3 aromatic rings. The largest absolute Gasteiger partial charge is 0.444 e. The monoisotopic (exact) mass is 600 g/mol. The van der Waals surface area contributed by atoms with Crippen molar-refractivity contribution in [2.75, 3.05) is 19.6 Å². The fraction of sp³-hybridized carbons (Fsp3) is 0.500. The number of carbonyl (C=O) groups excluding carboxylic acids is 1. The highest BCUT2D eigenvalue weighted by atomic mass is 79.9. The first-order valence-electron chi connectivity index (χ1n) is 13.6. The molecule has 1 aromatic heterocycles. The molecule has 0 saturated carbocycles. The van der Waals surface area contributed by atoms with Gasteiger partial charge in [0.25, 0.3) is 0 Å². The molecule has 2 aromatic carbocycles. The van der Waals surface area contributed by atoms with Gasteiger partial charge in [-0.1, -0.05) is 35.9 Å². The molecule has 2 unspecified atom stereocenters. The van der Waals surface area contributed by atoms with Crippen LogP contribution in [0.4, 0.5) is 4.79 Å². The fourth-order valence-electron chi connectivity index (χ4n) is 5.88. The molecule has 2 aliphatic rings. The van der Waals surface area contributed by atoms with Crippen LogP contribution in [0.3, 0.4) is 0 Å². The zero-order chi connectivity index (χ0) is 26.9. The number of halogens is 2. The van der Waals surface area contributed by atoms with E-state index in [0.717, 1.165) is 48.6 Å². The Labute approximate surface area is 239 Å². The van der Waals surface area contributed by atoms with Crippen LogP contribution in [0.1, 0.15) is 51.2 Å². The molecule has 38 heavy (non-hydrogen) atoms. The van der Waals surface area contributed by atoms with E-state index in [1.165, 1.54) is 34.9 Å². The Morgan fingerprint density at radius 3 is 2.55 bits per heavy atom. The summed E-state index contributed by atoms with van der Waals surface area (Å²) in [7, 11) is 0. The maximum Gasteiger partial charge on any atom is 0.407 e. The number of alkyl carbamates (subject to hydrolysis) is 1. The molecule has 1 amide bonds. The predicted octanol–water partition coefficient (Wildman–Crippen LogP) is 6.82. The van der Waals surface area contributed by atoms with Crippen molar-refractivity contribution < 1.29 is 9.53 Å². The van der Waals surface area contributed by atoms with Crippen molar-refractivity contribution in [1.29, 1.82) is 0 Å². The van der Waals surface area contributed by atoms with Crippen molar-refractivity contribution >= 4 is 44.5 Å². The van der Waals surface area contributed by atoms with E-state index >= 15 is 0 Å². The topological polar surface area (TPSA) is 49.7 Å². The standard InChI is InChI=1S/C30H38BrClN4O2/c1-30(2,3)38-29(37)33-13-6-14-35-20-26(31)25-15-21(9-12-28(25)35)16-34-18-23-10-11-24(19-34)36(23)17-22-7-4-5-8-27(22)32/h4-5,7-9,12,15,20,23-24H,6,10-11,13-14,16-19H2,1-3H3,(H,33,37). The average Bonchev–Trinajstić information content (AvgIpc) is 3.28. The van der Waals surface area contributed by atoms with Gasteiger partial charge in [-0.15, -0.1) is 0 Å². The molecule has 0 spiro atoms. The van der Waals surface area contributed by atoms with E-state index in [2.05, 4.69) is 72.1 Å². The maximum absolute atomic E-state index is 11.9. The lowest BCUT2D eigenvalue weighted by Crippen LogP contribution is -2.52. The number of aromatic nitrogens is 1. The number of rotatable bonds is 8. The Bertz CT molecular complexity index is 1270. The first kappa shape index (κ1) is 27.5. The number of amides is 1. The number of piperazine rings is 1. The quantitative estimate of drug-likeness (QED) is 0.288.